The summed E-state index contributed by atoms with van der Waals surface area (Å²) < 4.78 is 43.8. The molecule has 3 aromatic rings. The van der Waals surface area contributed by atoms with E-state index in [1.54, 1.807) is 31.2 Å². The van der Waals surface area contributed by atoms with Gasteiger partial charge in [0.05, 0.1) is 13.7 Å². The first-order valence-corrected chi connectivity index (χ1v) is 10.2. The number of hydrogen-bond donors (Lipinski definition) is 1. The van der Waals surface area contributed by atoms with E-state index in [0.29, 0.717) is 11.3 Å². The number of nitrogens with zero attached hydrogens (tertiary/aromatic N) is 1. The standard InChI is InChI=1S/C20H20N2O6S/c1-4-27-20(23)16-12-18(28-21-16)14-8-9-17(26-3)19(11-14)29(24,25)22-15-7-5-6-13(2)10-15/h5-12,22H,4H2,1-3H3. The summed E-state index contributed by atoms with van der Waals surface area (Å²) >= 11 is 0. The molecule has 0 aliphatic rings. The Morgan fingerprint density at radius 1 is 1.17 bits per heavy atom. The molecule has 9 heteroatoms. The third-order valence-corrected chi connectivity index (χ3v) is 5.41. The normalized spacial score (nSPS) is 11.1. The molecule has 29 heavy (non-hydrogen) atoms. The summed E-state index contributed by atoms with van der Waals surface area (Å²) in [6.07, 6.45) is 0. The number of aromatic nitrogens is 1. The molecule has 8 nitrogen and oxygen atoms in total. The lowest BCUT2D eigenvalue weighted by molar-refractivity contribution is 0.0514. The van der Waals surface area contributed by atoms with Gasteiger partial charge >= 0.3 is 5.97 Å². The highest BCUT2D eigenvalue weighted by atomic mass is 32.2. The van der Waals surface area contributed by atoms with Crippen LogP contribution in [0.5, 0.6) is 5.75 Å². The molecule has 0 unspecified atom stereocenters. The second-order valence-electron chi connectivity index (χ2n) is 6.14. The van der Waals surface area contributed by atoms with Crippen LogP contribution in [0, 0.1) is 6.92 Å². The van der Waals surface area contributed by atoms with Crippen LogP contribution in [0.3, 0.4) is 0 Å². The van der Waals surface area contributed by atoms with Gasteiger partial charge in [0.15, 0.2) is 11.5 Å². The third-order valence-electron chi connectivity index (χ3n) is 4.00. The maximum atomic E-state index is 13.0. The number of carbonyl (C=O) groups excluding carboxylic acids is 1. The summed E-state index contributed by atoms with van der Waals surface area (Å²) in [4.78, 5) is 11.7. The minimum absolute atomic E-state index is 0.0000361. The van der Waals surface area contributed by atoms with E-state index in [2.05, 4.69) is 9.88 Å². The monoisotopic (exact) mass is 416 g/mol. The lowest BCUT2D eigenvalue weighted by Crippen LogP contribution is -2.14. The van der Waals surface area contributed by atoms with Crippen LogP contribution in [0.15, 0.2) is 57.9 Å². The van der Waals surface area contributed by atoms with E-state index in [9.17, 15) is 13.2 Å². The Balaban J connectivity index is 1.98. The fraction of sp³-hybridized carbons (Fsp3) is 0.200. The summed E-state index contributed by atoms with van der Waals surface area (Å²) in [5, 5.41) is 3.68. The second-order valence-corrected chi connectivity index (χ2v) is 7.79. The zero-order valence-corrected chi connectivity index (χ0v) is 16.9. The molecule has 2 aromatic carbocycles. The molecular formula is C20H20N2O6S. The highest BCUT2D eigenvalue weighted by Crippen LogP contribution is 2.31. The minimum Gasteiger partial charge on any atom is -0.495 e. The van der Waals surface area contributed by atoms with Crippen molar-refractivity contribution in [3.63, 3.8) is 0 Å². The quantitative estimate of drug-likeness (QED) is 0.586. The van der Waals surface area contributed by atoms with E-state index in [0.717, 1.165) is 5.56 Å². The van der Waals surface area contributed by atoms with Gasteiger partial charge < -0.3 is 14.0 Å². The molecule has 1 heterocycles. The first kappa shape index (κ1) is 20.4. The fourth-order valence-electron chi connectivity index (χ4n) is 2.67. The van der Waals surface area contributed by atoms with Crippen molar-refractivity contribution >= 4 is 21.7 Å². The van der Waals surface area contributed by atoms with Crippen molar-refractivity contribution in [1.29, 1.82) is 0 Å². The Morgan fingerprint density at radius 3 is 2.66 bits per heavy atom. The predicted molar refractivity (Wildman–Crippen MR) is 106 cm³/mol. The lowest BCUT2D eigenvalue weighted by Gasteiger charge is -2.13. The van der Waals surface area contributed by atoms with Crippen LogP contribution in [-0.4, -0.2) is 33.3 Å². The average Bonchev–Trinajstić information content (AvgIpc) is 3.18. The summed E-state index contributed by atoms with van der Waals surface area (Å²) in [5.41, 5.74) is 1.76. The topological polar surface area (TPSA) is 108 Å². The van der Waals surface area contributed by atoms with Gasteiger partial charge in [-0.3, -0.25) is 4.72 Å². The van der Waals surface area contributed by atoms with Crippen molar-refractivity contribution in [2.45, 2.75) is 18.7 Å². The number of benzene rings is 2. The molecule has 3 rings (SSSR count). The molecule has 1 N–H and O–H groups in total. The van der Waals surface area contributed by atoms with Crippen LogP contribution in [0.2, 0.25) is 0 Å². The van der Waals surface area contributed by atoms with Crippen molar-refractivity contribution in [2.75, 3.05) is 18.4 Å². The van der Waals surface area contributed by atoms with Crippen LogP contribution in [0.4, 0.5) is 5.69 Å². The number of carbonyl (C=O) groups is 1. The molecule has 0 radical (unpaired) electrons. The number of sulfonamides is 1. The van der Waals surface area contributed by atoms with Gasteiger partial charge in [-0.15, -0.1) is 0 Å². The number of nitrogens with one attached hydrogen (secondary N) is 1. The zero-order chi connectivity index (χ0) is 21.0. The highest BCUT2D eigenvalue weighted by Gasteiger charge is 2.22. The molecule has 1 aromatic heterocycles. The van der Waals surface area contributed by atoms with Gasteiger partial charge in [0.25, 0.3) is 10.0 Å². The molecule has 0 atom stereocenters. The van der Waals surface area contributed by atoms with Gasteiger partial charge in [0.1, 0.15) is 10.6 Å². The second kappa shape index (κ2) is 8.36. The first-order valence-electron chi connectivity index (χ1n) is 8.76. The van der Waals surface area contributed by atoms with Crippen molar-refractivity contribution in [1.82, 2.24) is 5.16 Å². The number of rotatable bonds is 7. The van der Waals surface area contributed by atoms with E-state index >= 15 is 0 Å². The van der Waals surface area contributed by atoms with Gasteiger partial charge in [-0.1, -0.05) is 17.3 Å². The zero-order valence-electron chi connectivity index (χ0n) is 16.1. The summed E-state index contributed by atoms with van der Waals surface area (Å²) in [5.74, 6) is -0.230. The Labute approximate surface area is 168 Å². The lowest BCUT2D eigenvalue weighted by atomic mass is 10.1. The molecule has 0 amide bonds. The molecule has 0 spiro atoms. The van der Waals surface area contributed by atoms with E-state index in [1.807, 2.05) is 13.0 Å². The smallest absolute Gasteiger partial charge is 0.360 e. The molecule has 0 aliphatic carbocycles. The predicted octanol–water partition coefficient (Wildman–Crippen LogP) is 3.64. The maximum absolute atomic E-state index is 13.0. The maximum Gasteiger partial charge on any atom is 0.360 e. The van der Waals surface area contributed by atoms with E-state index in [-0.39, 0.29) is 28.7 Å². The molecule has 0 aliphatic heterocycles. The summed E-state index contributed by atoms with van der Waals surface area (Å²) in [7, 11) is -2.57. The van der Waals surface area contributed by atoms with Gasteiger partial charge in [0, 0.05) is 17.3 Å². The number of anilines is 1. The largest absolute Gasteiger partial charge is 0.495 e. The third kappa shape index (κ3) is 4.57. The van der Waals surface area contributed by atoms with Crippen LogP contribution in [-0.2, 0) is 14.8 Å². The Kier molecular flexibility index (Phi) is 5.88. The van der Waals surface area contributed by atoms with E-state index in [1.165, 1.54) is 25.3 Å². The fourth-order valence-corrected chi connectivity index (χ4v) is 3.92. The number of aryl methyl sites for hydroxylation is 1. The summed E-state index contributed by atoms with van der Waals surface area (Å²) in [6.45, 7) is 3.75. The number of esters is 1. The van der Waals surface area contributed by atoms with Crippen molar-refractivity contribution in [3.8, 4) is 17.1 Å². The molecule has 0 saturated carbocycles. The molecule has 0 saturated heterocycles. The Morgan fingerprint density at radius 2 is 1.97 bits per heavy atom. The molecular weight excluding hydrogens is 396 g/mol. The van der Waals surface area contributed by atoms with Gasteiger partial charge in [-0.25, -0.2) is 13.2 Å². The number of ether oxygens (including phenoxy) is 2. The molecule has 152 valence electrons. The van der Waals surface area contributed by atoms with Crippen LogP contribution >= 0.6 is 0 Å². The number of methoxy groups -OCH3 is 1. The minimum atomic E-state index is -3.95. The highest BCUT2D eigenvalue weighted by molar-refractivity contribution is 7.92. The van der Waals surface area contributed by atoms with Gasteiger partial charge in [0.2, 0.25) is 0 Å². The molecule has 0 fully saturated rings. The van der Waals surface area contributed by atoms with E-state index < -0.39 is 16.0 Å². The van der Waals surface area contributed by atoms with Crippen molar-refractivity contribution in [2.24, 2.45) is 0 Å². The Bertz CT molecular complexity index is 1140. The van der Waals surface area contributed by atoms with Crippen LogP contribution in [0.1, 0.15) is 23.0 Å². The molecule has 0 bridgehead atoms. The van der Waals surface area contributed by atoms with Crippen LogP contribution in [0.25, 0.3) is 11.3 Å². The van der Waals surface area contributed by atoms with Crippen molar-refractivity contribution < 1.29 is 27.2 Å². The number of hydrogen-bond acceptors (Lipinski definition) is 7. The van der Waals surface area contributed by atoms with Crippen molar-refractivity contribution in [3.05, 3.63) is 59.8 Å². The van der Waals surface area contributed by atoms with Gasteiger partial charge in [-0.2, -0.15) is 0 Å². The van der Waals surface area contributed by atoms with Gasteiger partial charge in [-0.05, 0) is 49.7 Å². The van der Waals surface area contributed by atoms with Crippen LogP contribution < -0.4 is 9.46 Å². The SMILES string of the molecule is CCOC(=O)c1cc(-c2ccc(OC)c(S(=O)(=O)Nc3cccc(C)c3)c2)on1. The Hall–Kier alpha value is -3.33. The average molecular weight is 416 g/mol. The van der Waals surface area contributed by atoms with E-state index in [4.69, 9.17) is 14.0 Å². The summed E-state index contributed by atoms with van der Waals surface area (Å²) in [6, 6.07) is 12.9. The first-order chi connectivity index (χ1) is 13.8.